The monoisotopic (exact) mass is 279 g/mol. The average molecular weight is 279 g/mol. The second-order valence-corrected chi connectivity index (χ2v) is 4.33. The van der Waals surface area contributed by atoms with E-state index < -0.39 is 11.6 Å². The van der Waals surface area contributed by atoms with E-state index in [0.717, 1.165) is 11.6 Å². The van der Waals surface area contributed by atoms with E-state index in [1.807, 2.05) is 0 Å². The van der Waals surface area contributed by atoms with Gasteiger partial charge in [0.25, 0.3) is 0 Å². The second kappa shape index (κ2) is 5.79. The summed E-state index contributed by atoms with van der Waals surface area (Å²) < 4.78 is 26.4. The molecule has 0 aliphatic heterocycles. The largest absolute Gasteiger partial charge is 0.365 e. The summed E-state index contributed by atoms with van der Waals surface area (Å²) in [5.74, 6) is 5.75. The van der Waals surface area contributed by atoms with Crippen molar-refractivity contribution in [2.24, 2.45) is 5.84 Å². The lowest BCUT2D eigenvalue weighted by atomic mass is 10.2. The highest BCUT2D eigenvalue weighted by atomic mass is 19.1. The molecule has 0 unspecified atom stereocenters. The Morgan fingerprint density at radius 2 is 1.85 bits per heavy atom. The summed E-state index contributed by atoms with van der Waals surface area (Å²) in [5.41, 5.74) is 3.55. The summed E-state index contributed by atoms with van der Waals surface area (Å²) in [6.45, 7) is 3.70. The fourth-order valence-corrected chi connectivity index (χ4v) is 1.79. The Morgan fingerprint density at radius 1 is 1.15 bits per heavy atom. The van der Waals surface area contributed by atoms with Crippen LogP contribution in [0.15, 0.2) is 18.2 Å². The van der Waals surface area contributed by atoms with Gasteiger partial charge in [-0.1, -0.05) is 6.07 Å². The van der Waals surface area contributed by atoms with Crippen LogP contribution in [-0.2, 0) is 6.54 Å². The van der Waals surface area contributed by atoms with Crippen molar-refractivity contribution in [3.05, 3.63) is 46.8 Å². The molecule has 0 aliphatic carbocycles. The van der Waals surface area contributed by atoms with Crippen LogP contribution in [0.2, 0.25) is 0 Å². The number of hydrazine groups is 1. The van der Waals surface area contributed by atoms with Crippen LogP contribution in [0.5, 0.6) is 0 Å². The molecule has 0 saturated carbocycles. The van der Waals surface area contributed by atoms with E-state index in [9.17, 15) is 8.78 Å². The predicted octanol–water partition coefficient (Wildman–Crippen LogP) is 2.27. The molecular weight excluding hydrogens is 264 g/mol. The van der Waals surface area contributed by atoms with Crippen LogP contribution in [0.25, 0.3) is 0 Å². The zero-order valence-corrected chi connectivity index (χ0v) is 11.2. The van der Waals surface area contributed by atoms with Gasteiger partial charge in [0.15, 0.2) is 0 Å². The molecule has 2 aromatic rings. The molecule has 20 heavy (non-hydrogen) atoms. The molecule has 0 bridgehead atoms. The molecular formula is C13H15F2N5. The minimum absolute atomic E-state index is 0.188. The van der Waals surface area contributed by atoms with Gasteiger partial charge in [-0.2, -0.15) is 0 Å². The molecule has 0 radical (unpaired) electrons. The maximum absolute atomic E-state index is 13.5. The van der Waals surface area contributed by atoms with Gasteiger partial charge in [0.05, 0.1) is 0 Å². The molecule has 106 valence electrons. The number of nitrogens with one attached hydrogen (secondary N) is 2. The number of hydrogen-bond donors (Lipinski definition) is 3. The highest BCUT2D eigenvalue weighted by Gasteiger charge is 2.09. The van der Waals surface area contributed by atoms with Crippen LogP contribution >= 0.6 is 0 Å². The number of rotatable bonds is 4. The van der Waals surface area contributed by atoms with Gasteiger partial charge in [0, 0.05) is 23.7 Å². The summed E-state index contributed by atoms with van der Waals surface area (Å²) in [7, 11) is 0. The summed E-state index contributed by atoms with van der Waals surface area (Å²) in [4.78, 5) is 8.35. The number of nitrogens with zero attached hydrogens (tertiary/aromatic N) is 2. The highest BCUT2D eigenvalue weighted by Crippen LogP contribution is 2.20. The maximum atomic E-state index is 13.5. The van der Waals surface area contributed by atoms with Crippen LogP contribution in [0.4, 0.5) is 20.4 Å². The van der Waals surface area contributed by atoms with Crippen molar-refractivity contribution < 1.29 is 8.78 Å². The summed E-state index contributed by atoms with van der Waals surface area (Å²) in [5, 5.41) is 3.00. The number of halogens is 2. The minimum Gasteiger partial charge on any atom is -0.365 e. The lowest BCUT2D eigenvalue weighted by molar-refractivity contribution is 0.574. The Hall–Kier alpha value is -2.28. The van der Waals surface area contributed by atoms with Gasteiger partial charge in [0.2, 0.25) is 0 Å². The fourth-order valence-electron chi connectivity index (χ4n) is 1.79. The molecule has 0 fully saturated rings. The molecule has 5 nitrogen and oxygen atoms in total. The van der Waals surface area contributed by atoms with Crippen molar-refractivity contribution in [1.82, 2.24) is 9.97 Å². The molecule has 4 N–H and O–H groups in total. The van der Waals surface area contributed by atoms with E-state index >= 15 is 0 Å². The first-order valence-electron chi connectivity index (χ1n) is 6.01. The number of aromatic nitrogens is 2. The first-order chi connectivity index (χ1) is 9.51. The van der Waals surface area contributed by atoms with E-state index in [0.29, 0.717) is 23.0 Å². The molecule has 0 spiro atoms. The third-order valence-corrected chi connectivity index (χ3v) is 2.86. The third kappa shape index (κ3) is 3.00. The van der Waals surface area contributed by atoms with Crippen molar-refractivity contribution >= 4 is 11.6 Å². The summed E-state index contributed by atoms with van der Waals surface area (Å²) >= 11 is 0. The van der Waals surface area contributed by atoms with Crippen molar-refractivity contribution in [3.63, 3.8) is 0 Å². The van der Waals surface area contributed by atoms with Crippen LogP contribution < -0.4 is 16.6 Å². The molecule has 1 heterocycles. The quantitative estimate of drug-likeness (QED) is 0.591. The smallest absolute Gasteiger partial charge is 0.148 e. The van der Waals surface area contributed by atoms with E-state index in [-0.39, 0.29) is 6.54 Å². The normalized spacial score (nSPS) is 10.4. The predicted molar refractivity (Wildman–Crippen MR) is 73.0 cm³/mol. The van der Waals surface area contributed by atoms with Gasteiger partial charge < -0.3 is 10.7 Å². The van der Waals surface area contributed by atoms with Crippen LogP contribution in [0, 0.1) is 25.5 Å². The van der Waals surface area contributed by atoms with Gasteiger partial charge in [-0.15, -0.1) is 0 Å². The Morgan fingerprint density at radius 3 is 2.50 bits per heavy atom. The van der Waals surface area contributed by atoms with E-state index in [4.69, 9.17) is 5.84 Å². The minimum atomic E-state index is -0.602. The number of aryl methyl sites for hydroxylation is 1. The Labute approximate surface area is 115 Å². The van der Waals surface area contributed by atoms with E-state index in [1.165, 1.54) is 12.1 Å². The SMILES string of the molecule is Cc1nc(NN)c(C)c(NCc2ccc(F)cc2F)n1. The van der Waals surface area contributed by atoms with Gasteiger partial charge in [0.1, 0.15) is 29.1 Å². The lowest BCUT2D eigenvalue weighted by Crippen LogP contribution is -2.14. The van der Waals surface area contributed by atoms with Crippen molar-refractivity contribution in [1.29, 1.82) is 0 Å². The Balaban J connectivity index is 2.20. The zero-order valence-electron chi connectivity index (χ0n) is 11.2. The molecule has 1 aromatic carbocycles. The highest BCUT2D eigenvalue weighted by molar-refractivity contribution is 5.56. The first kappa shape index (κ1) is 14.1. The number of benzene rings is 1. The van der Waals surface area contributed by atoms with Gasteiger partial charge >= 0.3 is 0 Å². The number of anilines is 2. The maximum Gasteiger partial charge on any atom is 0.148 e. The molecule has 0 aliphatic rings. The molecule has 0 saturated heterocycles. The lowest BCUT2D eigenvalue weighted by Gasteiger charge is -2.12. The average Bonchev–Trinajstić information content (AvgIpc) is 2.41. The molecule has 0 amide bonds. The summed E-state index contributed by atoms with van der Waals surface area (Å²) in [6.07, 6.45) is 0. The topological polar surface area (TPSA) is 75.9 Å². The van der Waals surface area contributed by atoms with Crippen LogP contribution in [0.3, 0.4) is 0 Å². The fraction of sp³-hybridized carbons (Fsp3) is 0.231. The number of nitrogens with two attached hydrogens (primary N) is 1. The molecule has 7 heteroatoms. The van der Waals surface area contributed by atoms with Gasteiger partial charge in [-0.3, -0.25) is 0 Å². The number of hydrogen-bond acceptors (Lipinski definition) is 5. The Bertz CT molecular complexity index is 630. The van der Waals surface area contributed by atoms with Crippen LogP contribution in [-0.4, -0.2) is 9.97 Å². The third-order valence-electron chi connectivity index (χ3n) is 2.86. The van der Waals surface area contributed by atoms with Gasteiger partial charge in [-0.05, 0) is 19.9 Å². The van der Waals surface area contributed by atoms with Crippen LogP contribution in [0.1, 0.15) is 17.0 Å². The van der Waals surface area contributed by atoms with Crippen molar-refractivity contribution in [2.75, 3.05) is 10.7 Å². The molecule has 0 atom stereocenters. The van der Waals surface area contributed by atoms with Crippen molar-refractivity contribution in [3.8, 4) is 0 Å². The summed E-state index contributed by atoms with van der Waals surface area (Å²) in [6, 6.07) is 3.45. The Kier molecular flexibility index (Phi) is 4.09. The standard InChI is InChI=1S/C13H15F2N5/c1-7-12(18-8(2)19-13(7)20-16)17-6-9-3-4-10(14)5-11(9)15/h3-5H,6,16H2,1-2H3,(H2,17,18,19,20). The van der Waals surface area contributed by atoms with E-state index in [1.54, 1.807) is 13.8 Å². The number of nitrogen functional groups attached to an aromatic ring is 1. The molecule has 2 rings (SSSR count). The zero-order chi connectivity index (χ0) is 14.7. The van der Waals surface area contributed by atoms with Gasteiger partial charge in [-0.25, -0.2) is 24.6 Å². The second-order valence-electron chi connectivity index (χ2n) is 4.33. The first-order valence-corrected chi connectivity index (χ1v) is 6.01. The van der Waals surface area contributed by atoms with E-state index in [2.05, 4.69) is 20.7 Å². The molecule has 1 aromatic heterocycles. The van der Waals surface area contributed by atoms with Crippen molar-refractivity contribution in [2.45, 2.75) is 20.4 Å².